The zero-order valence-electron chi connectivity index (χ0n) is 4.06. The van der Waals surface area contributed by atoms with E-state index in [0.29, 0.717) is 5.69 Å². The van der Waals surface area contributed by atoms with Gasteiger partial charge in [-0.25, -0.2) is 4.98 Å². The predicted octanol–water partition coefficient (Wildman–Crippen LogP) is 2.54. The van der Waals surface area contributed by atoms with Crippen LogP contribution in [0.3, 0.4) is 0 Å². The normalized spacial score (nSPS) is 9.00. The summed E-state index contributed by atoms with van der Waals surface area (Å²) >= 11 is 7.72. The van der Waals surface area contributed by atoms with Gasteiger partial charge in [-0.2, -0.15) is 5.26 Å². The maximum absolute atomic E-state index is 8.38. The molecule has 0 fully saturated rings. The molecule has 0 spiro atoms. The largest absolute Gasteiger partial charge is 0.217 e. The fourth-order valence-electron chi connectivity index (χ4n) is 0.346. The van der Waals surface area contributed by atoms with E-state index < -0.39 is 0 Å². The Balaban J connectivity index is 3.20. The Morgan fingerprint density at radius 2 is 2.22 bits per heavy atom. The van der Waals surface area contributed by atoms with Crippen LogP contribution < -0.4 is 0 Å². The Labute approximate surface area is 72.8 Å². The highest BCUT2D eigenvalue weighted by atomic mass is 79.9. The number of hydrogen-bond donors (Lipinski definition) is 0. The molecule has 0 aliphatic carbocycles. The average molecular weight is 268 g/mol. The van der Waals surface area contributed by atoms with E-state index in [-0.39, 0.29) is 0 Å². The second-order valence-electron chi connectivity index (χ2n) is 1.20. The van der Waals surface area contributed by atoms with Gasteiger partial charge in [-0.05, 0) is 31.9 Å². The summed E-state index contributed by atoms with van der Waals surface area (Å²) in [6.45, 7) is 0. The Bertz CT molecular complexity index is 262. The molecular weight excluding hydrogens is 268 g/mol. The molecule has 46 valence electrons. The number of halogens is 2. The molecule has 1 heterocycles. The molecule has 0 unspecified atom stereocenters. The van der Waals surface area contributed by atoms with Gasteiger partial charge in [0.2, 0.25) is 0 Å². The molecule has 9 heavy (non-hydrogen) atoms. The minimum absolute atomic E-state index is 0.437. The highest BCUT2D eigenvalue weighted by Crippen LogP contribution is 2.27. The van der Waals surface area contributed by atoms with Crippen LogP contribution in [0.15, 0.2) is 7.70 Å². The van der Waals surface area contributed by atoms with Gasteiger partial charge < -0.3 is 0 Å². The molecule has 0 aliphatic heterocycles. The second kappa shape index (κ2) is 2.78. The number of nitriles is 1. The fourth-order valence-corrected chi connectivity index (χ4v) is 2.77. The van der Waals surface area contributed by atoms with Gasteiger partial charge in [0.15, 0.2) is 9.61 Å². The van der Waals surface area contributed by atoms with Crippen molar-refractivity contribution in [2.75, 3.05) is 0 Å². The van der Waals surface area contributed by atoms with Gasteiger partial charge in [0.05, 0.1) is 0 Å². The van der Waals surface area contributed by atoms with E-state index in [1.807, 2.05) is 6.07 Å². The molecule has 0 amide bonds. The minimum Gasteiger partial charge on any atom is -0.217 e. The van der Waals surface area contributed by atoms with Crippen molar-refractivity contribution in [2.45, 2.75) is 0 Å². The zero-order valence-corrected chi connectivity index (χ0v) is 8.05. The first-order valence-corrected chi connectivity index (χ1v) is 4.36. The lowest BCUT2D eigenvalue weighted by Gasteiger charge is -1.71. The van der Waals surface area contributed by atoms with E-state index in [1.165, 1.54) is 11.3 Å². The van der Waals surface area contributed by atoms with Crippen molar-refractivity contribution < 1.29 is 0 Å². The molecule has 0 aliphatic rings. The molecule has 2 nitrogen and oxygen atoms in total. The monoisotopic (exact) mass is 266 g/mol. The van der Waals surface area contributed by atoms with E-state index in [2.05, 4.69) is 36.8 Å². The quantitative estimate of drug-likeness (QED) is 0.724. The molecule has 0 bridgehead atoms. The standard InChI is InChI=1S/C4Br2N2S/c5-3-2(1-7)8-4(6)9-3. The predicted molar refractivity (Wildman–Crippen MR) is 42.2 cm³/mol. The van der Waals surface area contributed by atoms with Gasteiger partial charge in [0.1, 0.15) is 9.86 Å². The van der Waals surface area contributed by atoms with Gasteiger partial charge in [-0.15, -0.1) is 0 Å². The summed E-state index contributed by atoms with van der Waals surface area (Å²) in [7, 11) is 0. The highest BCUT2D eigenvalue weighted by molar-refractivity contribution is 9.12. The molecular formula is C4Br2N2S. The number of rotatable bonds is 0. The van der Waals surface area contributed by atoms with Crippen molar-refractivity contribution in [1.29, 1.82) is 5.26 Å². The first-order valence-electron chi connectivity index (χ1n) is 1.96. The molecule has 1 aromatic rings. The maximum Gasteiger partial charge on any atom is 0.167 e. The molecule has 1 rings (SSSR count). The third-order valence-electron chi connectivity index (χ3n) is 0.666. The zero-order chi connectivity index (χ0) is 6.85. The van der Waals surface area contributed by atoms with Gasteiger partial charge in [0, 0.05) is 0 Å². The lowest BCUT2D eigenvalue weighted by Crippen LogP contribution is -1.69. The summed E-state index contributed by atoms with van der Waals surface area (Å²) in [6.07, 6.45) is 0. The van der Waals surface area contributed by atoms with Crippen LogP contribution in [0, 0.1) is 11.3 Å². The molecule has 5 heteroatoms. The van der Waals surface area contributed by atoms with E-state index in [9.17, 15) is 0 Å². The van der Waals surface area contributed by atoms with Crippen LogP contribution in [-0.2, 0) is 0 Å². The van der Waals surface area contributed by atoms with E-state index in [4.69, 9.17) is 5.26 Å². The smallest absolute Gasteiger partial charge is 0.167 e. The Kier molecular flexibility index (Phi) is 2.22. The maximum atomic E-state index is 8.38. The Hall–Kier alpha value is 0.0800. The van der Waals surface area contributed by atoms with Crippen LogP contribution in [0.4, 0.5) is 0 Å². The fraction of sp³-hybridized carbons (Fsp3) is 0. The van der Waals surface area contributed by atoms with Crippen LogP contribution in [-0.4, -0.2) is 4.98 Å². The summed E-state index contributed by atoms with van der Waals surface area (Å²) in [5.41, 5.74) is 0.437. The van der Waals surface area contributed by atoms with E-state index in [0.717, 1.165) is 7.70 Å². The van der Waals surface area contributed by atoms with Gasteiger partial charge in [0.25, 0.3) is 0 Å². The van der Waals surface area contributed by atoms with Crippen LogP contribution in [0.1, 0.15) is 5.69 Å². The van der Waals surface area contributed by atoms with Crippen molar-refractivity contribution in [2.24, 2.45) is 0 Å². The number of aromatic nitrogens is 1. The lowest BCUT2D eigenvalue weighted by molar-refractivity contribution is 1.30. The molecule has 0 atom stereocenters. The Morgan fingerprint density at radius 3 is 2.44 bits per heavy atom. The minimum atomic E-state index is 0.437. The van der Waals surface area contributed by atoms with Gasteiger partial charge >= 0.3 is 0 Å². The average Bonchev–Trinajstić information content (AvgIpc) is 2.10. The first-order chi connectivity index (χ1) is 4.24. The molecule has 0 saturated heterocycles. The summed E-state index contributed by atoms with van der Waals surface area (Å²) < 4.78 is 1.50. The number of thiazole rings is 1. The molecule has 0 saturated carbocycles. The molecule has 0 radical (unpaired) electrons. The Morgan fingerprint density at radius 1 is 1.56 bits per heavy atom. The van der Waals surface area contributed by atoms with Crippen LogP contribution in [0.5, 0.6) is 0 Å². The molecule has 1 aromatic heterocycles. The summed E-state index contributed by atoms with van der Waals surface area (Å²) in [5.74, 6) is 0. The van der Waals surface area contributed by atoms with Crippen LogP contribution in [0.25, 0.3) is 0 Å². The molecule has 0 aromatic carbocycles. The molecule has 0 N–H and O–H groups in total. The van der Waals surface area contributed by atoms with Crippen molar-refractivity contribution in [3.63, 3.8) is 0 Å². The van der Waals surface area contributed by atoms with Crippen molar-refractivity contribution in [3.05, 3.63) is 13.4 Å². The van der Waals surface area contributed by atoms with E-state index >= 15 is 0 Å². The number of hydrogen-bond acceptors (Lipinski definition) is 3. The lowest BCUT2D eigenvalue weighted by atomic mass is 10.6. The SMILES string of the molecule is N#Cc1nc(Br)sc1Br. The topological polar surface area (TPSA) is 36.7 Å². The third-order valence-corrected chi connectivity index (χ3v) is 2.82. The van der Waals surface area contributed by atoms with Crippen LogP contribution >= 0.6 is 43.2 Å². The highest BCUT2D eigenvalue weighted by Gasteiger charge is 2.03. The van der Waals surface area contributed by atoms with Gasteiger partial charge in [-0.1, -0.05) is 11.3 Å². The van der Waals surface area contributed by atoms with Gasteiger partial charge in [-0.3, -0.25) is 0 Å². The third kappa shape index (κ3) is 1.51. The van der Waals surface area contributed by atoms with Crippen LogP contribution in [0.2, 0.25) is 0 Å². The van der Waals surface area contributed by atoms with E-state index in [1.54, 1.807) is 0 Å². The van der Waals surface area contributed by atoms with Crippen molar-refractivity contribution >= 4 is 43.2 Å². The summed E-state index contributed by atoms with van der Waals surface area (Å²) in [6, 6.07) is 1.94. The summed E-state index contributed by atoms with van der Waals surface area (Å²) in [5, 5.41) is 8.38. The summed E-state index contributed by atoms with van der Waals surface area (Å²) in [4.78, 5) is 3.86. The number of nitrogens with zero attached hydrogens (tertiary/aromatic N) is 2. The van der Waals surface area contributed by atoms with Crippen molar-refractivity contribution in [1.82, 2.24) is 4.98 Å². The first kappa shape index (κ1) is 7.19. The second-order valence-corrected chi connectivity index (χ2v) is 4.79. The van der Waals surface area contributed by atoms with Crippen molar-refractivity contribution in [3.8, 4) is 6.07 Å².